The molecule has 0 aliphatic carbocycles. The average molecular weight is 233 g/mol. The van der Waals surface area contributed by atoms with E-state index in [0.29, 0.717) is 5.71 Å². The number of amides is 1. The highest BCUT2D eigenvalue weighted by Gasteiger charge is 2.15. The predicted molar refractivity (Wildman–Crippen MR) is 66.3 cm³/mol. The molecule has 0 saturated carbocycles. The molecule has 1 fully saturated rings. The molecule has 0 bridgehead atoms. The summed E-state index contributed by atoms with van der Waals surface area (Å²) in [6, 6.07) is 7.38. The Morgan fingerprint density at radius 2 is 2.12 bits per heavy atom. The second kappa shape index (κ2) is 5.34. The molecule has 1 aromatic carbocycles. The van der Waals surface area contributed by atoms with Crippen molar-refractivity contribution < 1.29 is 9.53 Å². The van der Waals surface area contributed by atoms with E-state index in [1.54, 1.807) is 7.11 Å². The normalized spacial score (nSPS) is 17.7. The summed E-state index contributed by atoms with van der Waals surface area (Å²) in [5, 5.41) is 6.86. The van der Waals surface area contributed by atoms with Crippen molar-refractivity contribution in [3.8, 4) is 5.75 Å². The Labute approximate surface area is 99.9 Å². The van der Waals surface area contributed by atoms with E-state index in [1.807, 2.05) is 24.3 Å². The molecule has 1 saturated heterocycles. The average Bonchev–Trinajstić information content (AvgIpc) is 2.38. The molecular weight excluding hydrogens is 218 g/mol. The maximum atomic E-state index is 11.4. The standard InChI is InChI=1S/C12H15N3O2/c1-17-10-6-4-9(5-7-10)14-15-11-3-2-8-13-12(11)16/h4-7,14H,2-3,8H2,1H3,(H,13,16)/b15-11+. The Hall–Kier alpha value is -2.04. The van der Waals surface area contributed by atoms with Crippen LogP contribution in [0.5, 0.6) is 5.75 Å². The number of carbonyl (C=O) groups excluding carboxylic acids is 1. The summed E-state index contributed by atoms with van der Waals surface area (Å²) in [6.45, 7) is 0.736. The van der Waals surface area contributed by atoms with Crippen LogP contribution in [0.1, 0.15) is 12.8 Å². The minimum Gasteiger partial charge on any atom is -0.497 e. The van der Waals surface area contributed by atoms with Crippen LogP contribution in [0, 0.1) is 0 Å². The van der Waals surface area contributed by atoms with E-state index >= 15 is 0 Å². The van der Waals surface area contributed by atoms with Gasteiger partial charge in [0.2, 0.25) is 0 Å². The summed E-state index contributed by atoms with van der Waals surface area (Å²) in [4.78, 5) is 11.4. The number of benzene rings is 1. The molecule has 2 rings (SSSR count). The predicted octanol–water partition coefficient (Wildman–Crippen LogP) is 1.37. The fraction of sp³-hybridized carbons (Fsp3) is 0.333. The van der Waals surface area contributed by atoms with Gasteiger partial charge in [0.05, 0.1) is 12.8 Å². The first-order valence-electron chi connectivity index (χ1n) is 5.54. The van der Waals surface area contributed by atoms with Crippen LogP contribution in [-0.4, -0.2) is 25.3 Å². The van der Waals surface area contributed by atoms with Crippen molar-refractivity contribution in [2.45, 2.75) is 12.8 Å². The zero-order valence-corrected chi connectivity index (χ0v) is 9.69. The van der Waals surface area contributed by atoms with Gasteiger partial charge in [-0.3, -0.25) is 10.2 Å². The molecule has 1 heterocycles. The number of anilines is 1. The molecule has 5 nitrogen and oxygen atoms in total. The third-order valence-corrected chi connectivity index (χ3v) is 2.55. The molecule has 0 unspecified atom stereocenters. The van der Waals surface area contributed by atoms with Crippen LogP contribution in [0.15, 0.2) is 29.4 Å². The van der Waals surface area contributed by atoms with Crippen LogP contribution in [0.2, 0.25) is 0 Å². The molecular formula is C12H15N3O2. The summed E-state index contributed by atoms with van der Waals surface area (Å²) < 4.78 is 5.05. The fourth-order valence-electron chi connectivity index (χ4n) is 1.58. The molecule has 5 heteroatoms. The number of hydrazone groups is 1. The van der Waals surface area contributed by atoms with Gasteiger partial charge in [0, 0.05) is 6.54 Å². The zero-order chi connectivity index (χ0) is 12.1. The first-order chi connectivity index (χ1) is 8.29. The molecule has 0 radical (unpaired) electrons. The van der Waals surface area contributed by atoms with E-state index in [-0.39, 0.29) is 5.91 Å². The Morgan fingerprint density at radius 3 is 2.76 bits per heavy atom. The van der Waals surface area contributed by atoms with Gasteiger partial charge in [-0.15, -0.1) is 0 Å². The number of ether oxygens (including phenoxy) is 1. The number of hydrogen-bond acceptors (Lipinski definition) is 4. The molecule has 0 aromatic heterocycles. The fourth-order valence-corrected chi connectivity index (χ4v) is 1.58. The summed E-state index contributed by atoms with van der Waals surface area (Å²) in [6.07, 6.45) is 1.66. The zero-order valence-electron chi connectivity index (χ0n) is 9.69. The van der Waals surface area contributed by atoms with Gasteiger partial charge >= 0.3 is 0 Å². The van der Waals surface area contributed by atoms with Crippen molar-refractivity contribution in [3.63, 3.8) is 0 Å². The second-order valence-corrected chi connectivity index (χ2v) is 3.76. The van der Waals surface area contributed by atoms with Crippen molar-refractivity contribution in [3.05, 3.63) is 24.3 Å². The van der Waals surface area contributed by atoms with Gasteiger partial charge in [-0.05, 0) is 37.1 Å². The number of rotatable bonds is 3. The van der Waals surface area contributed by atoms with Gasteiger partial charge < -0.3 is 10.1 Å². The molecule has 0 atom stereocenters. The van der Waals surface area contributed by atoms with Gasteiger partial charge in [0.1, 0.15) is 11.5 Å². The van der Waals surface area contributed by atoms with E-state index in [1.165, 1.54) is 0 Å². The Balaban J connectivity index is 2.00. The highest BCUT2D eigenvalue weighted by molar-refractivity contribution is 6.39. The molecule has 0 spiro atoms. The Morgan fingerprint density at radius 1 is 1.35 bits per heavy atom. The molecule has 17 heavy (non-hydrogen) atoms. The molecule has 1 aliphatic rings. The second-order valence-electron chi connectivity index (χ2n) is 3.76. The van der Waals surface area contributed by atoms with Gasteiger partial charge in [0.25, 0.3) is 5.91 Å². The maximum absolute atomic E-state index is 11.4. The molecule has 2 N–H and O–H groups in total. The van der Waals surface area contributed by atoms with Crippen LogP contribution in [-0.2, 0) is 4.79 Å². The van der Waals surface area contributed by atoms with Crippen molar-refractivity contribution in [2.75, 3.05) is 19.1 Å². The number of methoxy groups -OCH3 is 1. The minimum atomic E-state index is -0.0859. The van der Waals surface area contributed by atoms with E-state index in [4.69, 9.17) is 4.74 Å². The lowest BCUT2D eigenvalue weighted by molar-refractivity contribution is -0.115. The van der Waals surface area contributed by atoms with Gasteiger partial charge in [0.15, 0.2) is 0 Å². The highest BCUT2D eigenvalue weighted by atomic mass is 16.5. The van der Waals surface area contributed by atoms with Crippen molar-refractivity contribution in [2.24, 2.45) is 5.10 Å². The number of carbonyl (C=O) groups is 1. The molecule has 90 valence electrons. The lowest BCUT2D eigenvalue weighted by Crippen LogP contribution is -2.37. The van der Waals surface area contributed by atoms with Crippen LogP contribution in [0.25, 0.3) is 0 Å². The lowest BCUT2D eigenvalue weighted by atomic mass is 10.1. The maximum Gasteiger partial charge on any atom is 0.267 e. The van der Waals surface area contributed by atoms with Gasteiger partial charge in [-0.2, -0.15) is 5.10 Å². The first kappa shape index (κ1) is 11.4. The summed E-state index contributed by atoms with van der Waals surface area (Å²) in [5.41, 5.74) is 4.25. The van der Waals surface area contributed by atoms with E-state index in [0.717, 1.165) is 30.8 Å². The van der Waals surface area contributed by atoms with E-state index in [2.05, 4.69) is 15.8 Å². The SMILES string of the molecule is COc1ccc(N/N=C2\CCCNC2=O)cc1. The Bertz CT molecular complexity index is 426. The molecule has 1 amide bonds. The van der Waals surface area contributed by atoms with Crippen molar-refractivity contribution in [1.82, 2.24) is 5.32 Å². The monoisotopic (exact) mass is 233 g/mol. The van der Waals surface area contributed by atoms with Crippen LogP contribution in [0.4, 0.5) is 5.69 Å². The summed E-state index contributed by atoms with van der Waals surface area (Å²) in [5.74, 6) is 0.705. The summed E-state index contributed by atoms with van der Waals surface area (Å²) >= 11 is 0. The molecule has 1 aromatic rings. The smallest absolute Gasteiger partial charge is 0.267 e. The lowest BCUT2D eigenvalue weighted by Gasteiger charge is -2.13. The number of nitrogens with zero attached hydrogens (tertiary/aromatic N) is 1. The summed E-state index contributed by atoms with van der Waals surface area (Å²) in [7, 11) is 1.62. The number of piperidine rings is 1. The number of hydrogen-bond donors (Lipinski definition) is 2. The van der Waals surface area contributed by atoms with Gasteiger partial charge in [-0.1, -0.05) is 0 Å². The Kier molecular flexibility index (Phi) is 3.59. The van der Waals surface area contributed by atoms with Crippen LogP contribution in [0.3, 0.4) is 0 Å². The minimum absolute atomic E-state index is 0.0859. The van der Waals surface area contributed by atoms with E-state index < -0.39 is 0 Å². The van der Waals surface area contributed by atoms with Gasteiger partial charge in [-0.25, -0.2) is 0 Å². The van der Waals surface area contributed by atoms with Crippen LogP contribution < -0.4 is 15.5 Å². The van der Waals surface area contributed by atoms with E-state index in [9.17, 15) is 4.79 Å². The quantitative estimate of drug-likeness (QED) is 0.775. The highest BCUT2D eigenvalue weighted by Crippen LogP contribution is 2.15. The topological polar surface area (TPSA) is 62.7 Å². The van der Waals surface area contributed by atoms with Crippen LogP contribution >= 0.6 is 0 Å². The largest absolute Gasteiger partial charge is 0.497 e. The van der Waals surface area contributed by atoms with Crippen molar-refractivity contribution in [1.29, 1.82) is 0 Å². The van der Waals surface area contributed by atoms with Crippen molar-refractivity contribution >= 4 is 17.3 Å². The third-order valence-electron chi connectivity index (χ3n) is 2.55. The molecule has 1 aliphatic heterocycles. The first-order valence-corrected chi connectivity index (χ1v) is 5.54. The third kappa shape index (κ3) is 2.96. The number of nitrogens with one attached hydrogen (secondary N) is 2.